The van der Waals surface area contributed by atoms with E-state index in [9.17, 15) is 23.6 Å². The van der Waals surface area contributed by atoms with E-state index in [-0.39, 0.29) is 24.0 Å². The van der Waals surface area contributed by atoms with Crippen LogP contribution in [0.15, 0.2) is 41.3 Å². The Bertz CT molecular complexity index is 902. The monoisotopic (exact) mass is 401 g/mol. The van der Waals surface area contributed by atoms with Crippen LogP contribution in [0.25, 0.3) is 11.1 Å². The summed E-state index contributed by atoms with van der Waals surface area (Å²) in [6.07, 6.45) is 0.775. The lowest BCUT2D eigenvalue weighted by Gasteiger charge is -2.15. The summed E-state index contributed by atoms with van der Waals surface area (Å²) in [6.45, 7) is 1.78. The van der Waals surface area contributed by atoms with Crippen molar-refractivity contribution >= 4 is 28.1 Å². The van der Waals surface area contributed by atoms with Gasteiger partial charge < -0.3 is 10.8 Å². The number of primary sulfonamides is 1. The lowest BCUT2D eigenvalue weighted by atomic mass is 9.93. The van der Waals surface area contributed by atoms with Gasteiger partial charge in [-0.05, 0) is 37.0 Å². The molecule has 26 heavy (non-hydrogen) atoms. The molecular weight excluding hydrogens is 382 g/mol. The molecule has 2 aromatic rings. The Hall–Kier alpha value is -2.20. The molecule has 8 nitrogen and oxygen atoms in total. The number of hydrogen-bond acceptors (Lipinski definition) is 6. The zero-order chi connectivity index (χ0) is 18.8. The average Bonchev–Trinajstić information content (AvgIpc) is 2.52. The van der Waals surface area contributed by atoms with Crippen LogP contribution in [0.5, 0.6) is 5.75 Å². The number of nitrogens with two attached hydrogens (primary N) is 2. The van der Waals surface area contributed by atoms with Gasteiger partial charge in [-0.2, -0.15) is 0 Å². The summed E-state index contributed by atoms with van der Waals surface area (Å²) in [6, 6.07) is 9.42. The normalized spacial score (nSPS) is 12.3. The van der Waals surface area contributed by atoms with E-state index in [2.05, 4.69) is 0 Å². The summed E-state index contributed by atoms with van der Waals surface area (Å²) < 4.78 is 23.5. The molecule has 0 aromatic heterocycles. The van der Waals surface area contributed by atoms with Crippen LogP contribution in [0, 0.1) is 10.1 Å². The molecule has 1 atom stereocenters. The van der Waals surface area contributed by atoms with Crippen molar-refractivity contribution < 1.29 is 18.4 Å². The van der Waals surface area contributed by atoms with Crippen molar-refractivity contribution in [3.63, 3.8) is 0 Å². The number of aromatic hydroxyl groups is 1. The summed E-state index contributed by atoms with van der Waals surface area (Å²) in [5.41, 5.74) is 6.11. The molecule has 0 bridgehead atoms. The van der Waals surface area contributed by atoms with Gasteiger partial charge in [-0.25, -0.2) is 13.6 Å². The molecule has 0 radical (unpaired) electrons. The quantitative estimate of drug-likeness (QED) is 0.499. The van der Waals surface area contributed by atoms with Crippen LogP contribution in [0.1, 0.15) is 18.9 Å². The standard InChI is InChI=1S/C16H19N3O5S.ClH/c1-10(17)7-8-12-9-13(25(18,23)24)16(20)15(19(21)22)14(12)11-5-3-2-4-6-11;/h2-6,9-10,20H,7-8,17H2,1H3,(H2,18,23,24);1H. The molecule has 0 heterocycles. The largest absolute Gasteiger partial charge is 0.501 e. The highest BCUT2D eigenvalue weighted by atomic mass is 35.5. The van der Waals surface area contributed by atoms with Crippen molar-refractivity contribution in [1.29, 1.82) is 0 Å². The highest BCUT2D eigenvalue weighted by Crippen LogP contribution is 2.44. The van der Waals surface area contributed by atoms with Crippen LogP contribution in [-0.2, 0) is 16.4 Å². The number of aryl methyl sites for hydroxylation is 1. The van der Waals surface area contributed by atoms with E-state index in [0.717, 1.165) is 0 Å². The summed E-state index contributed by atoms with van der Waals surface area (Å²) in [7, 11) is -4.34. The minimum Gasteiger partial charge on any atom is -0.501 e. The van der Waals surface area contributed by atoms with Gasteiger partial charge in [0.15, 0.2) is 0 Å². The van der Waals surface area contributed by atoms with Crippen molar-refractivity contribution in [3.8, 4) is 16.9 Å². The maximum Gasteiger partial charge on any atom is 0.320 e. The van der Waals surface area contributed by atoms with Crippen LogP contribution < -0.4 is 10.9 Å². The van der Waals surface area contributed by atoms with Crippen molar-refractivity contribution in [3.05, 3.63) is 52.1 Å². The smallest absolute Gasteiger partial charge is 0.320 e. The fraction of sp³-hybridized carbons (Fsp3) is 0.250. The van der Waals surface area contributed by atoms with E-state index < -0.39 is 31.3 Å². The number of nitrogens with zero attached hydrogens (tertiary/aromatic N) is 1. The van der Waals surface area contributed by atoms with E-state index in [0.29, 0.717) is 24.0 Å². The van der Waals surface area contributed by atoms with E-state index in [1.54, 1.807) is 37.3 Å². The molecule has 0 spiro atoms. The van der Waals surface area contributed by atoms with Gasteiger partial charge >= 0.3 is 5.69 Å². The second-order valence-corrected chi connectivity index (χ2v) is 7.32. The van der Waals surface area contributed by atoms with Gasteiger partial charge in [-0.1, -0.05) is 30.3 Å². The Morgan fingerprint density at radius 3 is 2.31 bits per heavy atom. The molecule has 142 valence electrons. The van der Waals surface area contributed by atoms with Gasteiger partial charge in [0.05, 0.1) is 10.5 Å². The SMILES string of the molecule is CC(N)CCc1cc(S(N)(=O)=O)c(O)c([N+](=O)[O-])c1-c1ccccc1.Cl. The number of halogens is 1. The van der Waals surface area contributed by atoms with Crippen LogP contribution in [0.4, 0.5) is 5.69 Å². The van der Waals surface area contributed by atoms with E-state index in [4.69, 9.17) is 10.9 Å². The minimum atomic E-state index is -4.34. The number of phenols is 1. The van der Waals surface area contributed by atoms with Gasteiger partial charge in [-0.3, -0.25) is 10.1 Å². The van der Waals surface area contributed by atoms with Gasteiger partial charge in [0, 0.05) is 6.04 Å². The van der Waals surface area contributed by atoms with Crippen LogP contribution in [-0.4, -0.2) is 24.5 Å². The lowest BCUT2D eigenvalue weighted by Crippen LogP contribution is -2.17. The maximum absolute atomic E-state index is 11.7. The molecule has 0 fully saturated rings. The van der Waals surface area contributed by atoms with E-state index in [1.165, 1.54) is 6.07 Å². The Kier molecular flexibility index (Phi) is 7.10. The highest BCUT2D eigenvalue weighted by Gasteiger charge is 2.31. The third-order valence-corrected chi connectivity index (χ3v) is 4.67. The maximum atomic E-state index is 11.7. The summed E-state index contributed by atoms with van der Waals surface area (Å²) >= 11 is 0. The topological polar surface area (TPSA) is 150 Å². The van der Waals surface area contributed by atoms with Gasteiger partial charge in [0.25, 0.3) is 0 Å². The second kappa shape index (κ2) is 8.45. The molecule has 2 rings (SSSR count). The number of benzene rings is 2. The van der Waals surface area contributed by atoms with Crippen LogP contribution in [0.2, 0.25) is 0 Å². The molecule has 5 N–H and O–H groups in total. The Morgan fingerprint density at radius 2 is 1.85 bits per heavy atom. The Morgan fingerprint density at radius 1 is 1.27 bits per heavy atom. The second-order valence-electron chi connectivity index (χ2n) is 5.79. The zero-order valence-corrected chi connectivity index (χ0v) is 15.6. The summed E-state index contributed by atoms with van der Waals surface area (Å²) in [5, 5.41) is 26.9. The van der Waals surface area contributed by atoms with Crippen molar-refractivity contribution in [2.24, 2.45) is 10.9 Å². The predicted octanol–water partition coefficient (Wildman–Crippen LogP) is 2.32. The molecule has 2 aromatic carbocycles. The first-order valence-electron chi connectivity index (χ1n) is 7.50. The molecule has 0 saturated carbocycles. The number of nitro groups is 1. The molecule has 0 amide bonds. The van der Waals surface area contributed by atoms with E-state index >= 15 is 0 Å². The van der Waals surface area contributed by atoms with Gasteiger partial charge in [0.1, 0.15) is 4.90 Å². The van der Waals surface area contributed by atoms with Crippen molar-refractivity contribution in [2.75, 3.05) is 0 Å². The number of rotatable bonds is 6. The zero-order valence-electron chi connectivity index (χ0n) is 14.0. The lowest BCUT2D eigenvalue weighted by molar-refractivity contribution is -0.385. The summed E-state index contributed by atoms with van der Waals surface area (Å²) in [4.78, 5) is 10.1. The molecule has 0 saturated heterocycles. The first-order valence-corrected chi connectivity index (χ1v) is 9.04. The first-order chi connectivity index (χ1) is 11.6. The molecular formula is C16H20ClN3O5S. The minimum absolute atomic E-state index is 0. The fourth-order valence-corrected chi connectivity index (χ4v) is 3.26. The molecule has 0 aliphatic heterocycles. The Balaban J connectivity index is 0.00000338. The summed E-state index contributed by atoms with van der Waals surface area (Å²) in [5.74, 6) is -0.962. The molecule has 1 unspecified atom stereocenters. The first kappa shape index (κ1) is 21.8. The van der Waals surface area contributed by atoms with Crippen LogP contribution >= 0.6 is 12.4 Å². The molecule has 0 aliphatic rings. The molecule has 10 heteroatoms. The Labute approximate surface area is 157 Å². The van der Waals surface area contributed by atoms with Crippen LogP contribution in [0.3, 0.4) is 0 Å². The fourth-order valence-electron chi connectivity index (χ4n) is 2.59. The average molecular weight is 402 g/mol. The molecule has 0 aliphatic carbocycles. The third kappa shape index (κ3) is 4.70. The van der Waals surface area contributed by atoms with Gasteiger partial charge in [-0.15, -0.1) is 12.4 Å². The number of hydrogen-bond donors (Lipinski definition) is 3. The number of nitro benzene ring substituents is 1. The van der Waals surface area contributed by atoms with Crippen molar-refractivity contribution in [2.45, 2.75) is 30.7 Å². The van der Waals surface area contributed by atoms with E-state index in [1.807, 2.05) is 0 Å². The van der Waals surface area contributed by atoms with Gasteiger partial charge in [0.2, 0.25) is 15.8 Å². The van der Waals surface area contributed by atoms with Crippen molar-refractivity contribution in [1.82, 2.24) is 0 Å². The number of phenolic OH excluding ortho intramolecular Hbond substituents is 1. The third-order valence-electron chi connectivity index (χ3n) is 3.74. The number of sulfonamides is 1. The highest BCUT2D eigenvalue weighted by molar-refractivity contribution is 7.89. The predicted molar refractivity (Wildman–Crippen MR) is 101 cm³/mol.